The highest BCUT2D eigenvalue weighted by molar-refractivity contribution is 6.30. The normalized spacial score (nSPS) is 10.3. The highest BCUT2D eigenvalue weighted by Gasteiger charge is 2.23. The molecule has 70 valence electrons. The van der Waals surface area contributed by atoms with E-state index >= 15 is 0 Å². The van der Waals surface area contributed by atoms with Crippen molar-refractivity contribution in [2.24, 2.45) is 5.41 Å². The Morgan fingerprint density at radius 1 is 1.21 bits per heavy atom. The molecule has 14 heavy (non-hydrogen) atoms. The van der Waals surface area contributed by atoms with Crippen LogP contribution in [0.25, 0.3) is 0 Å². The molecule has 0 unspecified atom stereocenters. The zero-order valence-electron chi connectivity index (χ0n) is 7.79. The summed E-state index contributed by atoms with van der Waals surface area (Å²) in [5.41, 5.74) is -0.00612. The van der Waals surface area contributed by atoms with E-state index in [0.717, 1.165) is 5.56 Å². The van der Waals surface area contributed by atoms with Gasteiger partial charge in [0.1, 0.15) is 5.41 Å². The fourth-order valence-electron chi connectivity index (χ4n) is 1.11. The van der Waals surface area contributed by atoms with Crippen LogP contribution >= 0.6 is 11.6 Å². The van der Waals surface area contributed by atoms with E-state index in [0.29, 0.717) is 11.4 Å². The van der Waals surface area contributed by atoms with Gasteiger partial charge in [0.05, 0.1) is 12.1 Å². The maximum absolute atomic E-state index is 8.80. The summed E-state index contributed by atoms with van der Waals surface area (Å²) in [6.45, 7) is 1.63. The summed E-state index contributed by atoms with van der Waals surface area (Å²) in [7, 11) is 0. The summed E-state index contributed by atoms with van der Waals surface area (Å²) >= 11 is 5.72. The molecule has 0 fully saturated rings. The Morgan fingerprint density at radius 2 is 1.71 bits per heavy atom. The summed E-state index contributed by atoms with van der Waals surface area (Å²) in [5.74, 6) is 0. The predicted molar refractivity (Wildman–Crippen MR) is 54.5 cm³/mol. The molecule has 0 aliphatic carbocycles. The Balaban J connectivity index is 2.86. The Labute approximate surface area is 88.3 Å². The minimum Gasteiger partial charge on any atom is -0.197 e. The lowest BCUT2D eigenvalue weighted by atomic mass is 9.87. The number of nitrogens with zero attached hydrogens (tertiary/aromatic N) is 2. The Morgan fingerprint density at radius 3 is 2.14 bits per heavy atom. The first-order chi connectivity index (χ1) is 6.59. The van der Waals surface area contributed by atoms with Crippen LogP contribution in [-0.4, -0.2) is 0 Å². The highest BCUT2D eigenvalue weighted by atomic mass is 35.5. The van der Waals surface area contributed by atoms with Gasteiger partial charge in [-0.15, -0.1) is 0 Å². The van der Waals surface area contributed by atoms with E-state index in [2.05, 4.69) is 0 Å². The lowest BCUT2D eigenvalue weighted by Crippen LogP contribution is -2.14. The molecular weight excluding hydrogens is 196 g/mol. The van der Waals surface area contributed by atoms with Crippen molar-refractivity contribution < 1.29 is 0 Å². The van der Waals surface area contributed by atoms with Gasteiger partial charge < -0.3 is 0 Å². The second-order valence-electron chi connectivity index (χ2n) is 3.36. The van der Waals surface area contributed by atoms with Gasteiger partial charge in [-0.05, 0) is 24.6 Å². The molecule has 1 aromatic carbocycles. The zero-order valence-corrected chi connectivity index (χ0v) is 8.54. The van der Waals surface area contributed by atoms with Crippen molar-refractivity contribution in [3.05, 3.63) is 34.9 Å². The average Bonchev–Trinajstić information content (AvgIpc) is 2.21. The fourth-order valence-corrected chi connectivity index (χ4v) is 1.24. The molecular formula is C11H9ClN2. The molecule has 1 rings (SSSR count). The first-order valence-electron chi connectivity index (χ1n) is 4.16. The molecule has 0 amide bonds. The van der Waals surface area contributed by atoms with E-state index in [4.69, 9.17) is 22.1 Å². The van der Waals surface area contributed by atoms with Crippen molar-refractivity contribution in [1.29, 1.82) is 10.5 Å². The molecule has 0 aliphatic heterocycles. The van der Waals surface area contributed by atoms with Crippen molar-refractivity contribution in [2.75, 3.05) is 0 Å². The van der Waals surface area contributed by atoms with Crippen molar-refractivity contribution in [1.82, 2.24) is 0 Å². The lowest BCUT2D eigenvalue weighted by molar-refractivity contribution is 0.581. The number of hydrogen-bond donors (Lipinski definition) is 0. The minimum absolute atomic E-state index is 0.428. The zero-order chi connectivity index (χ0) is 10.6. The third-order valence-corrected chi connectivity index (χ3v) is 2.22. The Bertz CT molecular complexity index is 381. The van der Waals surface area contributed by atoms with E-state index < -0.39 is 5.41 Å². The van der Waals surface area contributed by atoms with E-state index in [-0.39, 0.29) is 0 Å². The van der Waals surface area contributed by atoms with Crippen molar-refractivity contribution in [2.45, 2.75) is 13.3 Å². The first kappa shape index (κ1) is 10.6. The van der Waals surface area contributed by atoms with Gasteiger partial charge in [0.2, 0.25) is 0 Å². The monoisotopic (exact) mass is 204 g/mol. The smallest absolute Gasteiger partial charge is 0.145 e. The number of hydrogen-bond acceptors (Lipinski definition) is 2. The summed E-state index contributed by atoms with van der Waals surface area (Å²) in [4.78, 5) is 0. The first-order valence-corrected chi connectivity index (χ1v) is 4.54. The minimum atomic E-state index is -0.951. The van der Waals surface area contributed by atoms with Crippen LogP contribution in [0, 0.1) is 28.1 Å². The van der Waals surface area contributed by atoms with E-state index in [1.54, 1.807) is 19.1 Å². The van der Waals surface area contributed by atoms with Gasteiger partial charge in [0.15, 0.2) is 0 Å². The number of rotatable bonds is 2. The maximum atomic E-state index is 8.80. The molecule has 0 aromatic heterocycles. The average molecular weight is 205 g/mol. The van der Waals surface area contributed by atoms with E-state index in [1.807, 2.05) is 24.3 Å². The van der Waals surface area contributed by atoms with E-state index in [9.17, 15) is 0 Å². The Hall–Kier alpha value is -1.51. The number of halogens is 1. The van der Waals surface area contributed by atoms with Crippen LogP contribution in [0.3, 0.4) is 0 Å². The van der Waals surface area contributed by atoms with Crippen LogP contribution in [0.5, 0.6) is 0 Å². The topological polar surface area (TPSA) is 47.6 Å². The van der Waals surface area contributed by atoms with Gasteiger partial charge in [-0.2, -0.15) is 10.5 Å². The molecule has 0 N–H and O–H groups in total. The van der Waals surface area contributed by atoms with Gasteiger partial charge in [-0.1, -0.05) is 23.7 Å². The van der Waals surface area contributed by atoms with Gasteiger partial charge in [-0.3, -0.25) is 0 Å². The van der Waals surface area contributed by atoms with Gasteiger partial charge in [0.25, 0.3) is 0 Å². The molecule has 0 spiro atoms. The molecule has 0 bridgehead atoms. The third-order valence-electron chi connectivity index (χ3n) is 1.96. The summed E-state index contributed by atoms with van der Waals surface area (Å²) in [6.07, 6.45) is 0.428. The van der Waals surface area contributed by atoms with Crippen LogP contribution in [0.15, 0.2) is 24.3 Å². The predicted octanol–water partition coefficient (Wildman–Crippen LogP) is 2.94. The molecule has 0 atom stereocenters. The molecule has 0 saturated heterocycles. The molecule has 3 heteroatoms. The third kappa shape index (κ3) is 2.49. The van der Waals surface area contributed by atoms with Crippen LogP contribution in [0.2, 0.25) is 5.02 Å². The summed E-state index contributed by atoms with van der Waals surface area (Å²) in [5, 5.41) is 18.3. The van der Waals surface area contributed by atoms with Gasteiger partial charge in [-0.25, -0.2) is 0 Å². The van der Waals surface area contributed by atoms with Crippen LogP contribution in [-0.2, 0) is 6.42 Å². The van der Waals surface area contributed by atoms with Gasteiger partial charge >= 0.3 is 0 Å². The Kier molecular flexibility index (Phi) is 3.12. The van der Waals surface area contributed by atoms with Crippen molar-refractivity contribution in [3.8, 4) is 12.1 Å². The number of nitriles is 2. The molecule has 2 nitrogen and oxygen atoms in total. The van der Waals surface area contributed by atoms with E-state index in [1.165, 1.54) is 0 Å². The van der Waals surface area contributed by atoms with Crippen LogP contribution in [0.4, 0.5) is 0 Å². The maximum Gasteiger partial charge on any atom is 0.145 e. The highest BCUT2D eigenvalue weighted by Crippen LogP contribution is 2.21. The second-order valence-corrected chi connectivity index (χ2v) is 3.80. The molecule has 0 saturated carbocycles. The fraction of sp³-hybridized carbons (Fsp3) is 0.273. The molecule has 0 heterocycles. The van der Waals surface area contributed by atoms with Crippen LogP contribution < -0.4 is 0 Å². The van der Waals surface area contributed by atoms with Crippen molar-refractivity contribution in [3.63, 3.8) is 0 Å². The van der Waals surface area contributed by atoms with Gasteiger partial charge in [0, 0.05) is 11.4 Å². The SMILES string of the molecule is CC(C#N)(C#N)Cc1ccc(Cl)cc1. The van der Waals surface area contributed by atoms with Crippen molar-refractivity contribution >= 4 is 11.6 Å². The lowest BCUT2D eigenvalue weighted by Gasteiger charge is -2.11. The summed E-state index contributed by atoms with van der Waals surface area (Å²) < 4.78 is 0. The second kappa shape index (κ2) is 4.13. The van der Waals surface area contributed by atoms with Crippen LogP contribution in [0.1, 0.15) is 12.5 Å². The molecule has 0 radical (unpaired) electrons. The molecule has 0 aliphatic rings. The largest absolute Gasteiger partial charge is 0.197 e. The molecule has 1 aromatic rings. The standard InChI is InChI=1S/C11H9ClN2/c1-11(7-13,8-14)6-9-2-4-10(12)5-3-9/h2-5H,6H2,1H3. The summed E-state index contributed by atoms with van der Waals surface area (Å²) in [6, 6.07) is 11.2. The quantitative estimate of drug-likeness (QED) is 0.744. The number of benzene rings is 1.